The lowest BCUT2D eigenvalue weighted by Crippen LogP contribution is -2.16. The molecule has 1 unspecified atom stereocenters. The molecule has 0 spiro atoms. The maximum atomic E-state index is 6.08. The first kappa shape index (κ1) is 14.3. The molecule has 0 aliphatic carbocycles. The minimum Gasteiger partial charge on any atom is -0.383 e. The summed E-state index contributed by atoms with van der Waals surface area (Å²) in [4.78, 5) is 4.21. The van der Waals surface area contributed by atoms with Gasteiger partial charge in [0.2, 0.25) is 5.89 Å². The minimum absolute atomic E-state index is 0.314. The van der Waals surface area contributed by atoms with Crippen LogP contribution in [0, 0.1) is 0 Å². The van der Waals surface area contributed by atoms with E-state index in [1.165, 1.54) is 0 Å². The summed E-state index contributed by atoms with van der Waals surface area (Å²) in [5, 5.41) is 5.00. The van der Waals surface area contributed by atoms with E-state index in [2.05, 4.69) is 10.1 Å². The zero-order valence-corrected chi connectivity index (χ0v) is 11.8. The molecule has 0 saturated heterocycles. The van der Waals surface area contributed by atoms with Crippen LogP contribution in [0.3, 0.4) is 0 Å². The lowest BCUT2D eigenvalue weighted by molar-refractivity contribution is 0.166. The lowest BCUT2D eigenvalue weighted by atomic mass is 10.1. The Hall–Kier alpha value is -1.14. The molecular weight excluding hydrogens is 289 g/mol. The molecule has 102 valence electrons. The fourth-order valence-electron chi connectivity index (χ4n) is 1.60. The minimum atomic E-state index is -0.437. The van der Waals surface area contributed by atoms with E-state index in [4.69, 9.17) is 38.2 Å². The van der Waals surface area contributed by atoms with Crippen LogP contribution in [0.2, 0.25) is 10.0 Å². The highest BCUT2D eigenvalue weighted by molar-refractivity contribution is 6.36. The number of rotatable bonds is 5. The first-order valence-corrected chi connectivity index (χ1v) is 6.37. The second-order valence-electron chi connectivity index (χ2n) is 3.99. The van der Waals surface area contributed by atoms with Crippen LogP contribution in [0.5, 0.6) is 0 Å². The van der Waals surface area contributed by atoms with Gasteiger partial charge < -0.3 is 15.0 Å². The Morgan fingerprint density at radius 1 is 1.37 bits per heavy atom. The summed E-state index contributed by atoms with van der Waals surface area (Å²) in [6.45, 7) is 0.314. The first-order valence-electron chi connectivity index (χ1n) is 5.61. The number of nitrogens with zero attached hydrogens (tertiary/aromatic N) is 2. The summed E-state index contributed by atoms with van der Waals surface area (Å²) in [7, 11) is 1.56. The summed E-state index contributed by atoms with van der Waals surface area (Å²) >= 11 is 12.2. The molecule has 2 aromatic rings. The van der Waals surface area contributed by atoms with Crippen LogP contribution >= 0.6 is 23.2 Å². The fraction of sp³-hybridized carbons (Fsp3) is 0.333. The van der Waals surface area contributed by atoms with Gasteiger partial charge in [-0.1, -0.05) is 34.4 Å². The van der Waals surface area contributed by atoms with Crippen molar-refractivity contribution in [2.45, 2.75) is 12.5 Å². The molecule has 7 heteroatoms. The van der Waals surface area contributed by atoms with Crippen LogP contribution in [0.4, 0.5) is 0 Å². The Morgan fingerprint density at radius 3 is 2.68 bits per heavy atom. The Morgan fingerprint density at radius 2 is 2.05 bits per heavy atom. The fourth-order valence-corrected chi connectivity index (χ4v) is 2.13. The maximum absolute atomic E-state index is 6.08. The highest BCUT2D eigenvalue weighted by Gasteiger charge is 2.16. The van der Waals surface area contributed by atoms with Crippen molar-refractivity contribution in [1.29, 1.82) is 0 Å². The van der Waals surface area contributed by atoms with Crippen molar-refractivity contribution < 1.29 is 9.26 Å². The number of methoxy groups -OCH3 is 1. The Labute approximate surface area is 120 Å². The van der Waals surface area contributed by atoms with E-state index in [1.54, 1.807) is 25.3 Å². The lowest BCUT2D eigenvalue weighted by Gasteiger charge is -2.04. The van der Waals surface area contributed by atoms with Crippen LogP contribution in [-0.2, 0) is 11.2 Å². The maximum Gasteiger partial charge on any atom is 0.245 e. The van der Waals surface area contributed by atoms with E-state index in [-0.39, 0.29) is 0 Å². The normalized spacial score (nSPS) is 12.6. The summed E-state index contributed by atoms with van der Waals surface area (Å²) in [5.41, 5.74) is 6.56. The van der Waals surface area contributed by atoms with Gasteiger partial charge in [0.15, 0.2) is 5.82 Å². The molecule has 0 saturated carbocycles. The molecule has 5 nitrogen and oxygen atoms in total. The number of nitrogens with two attached hydrogens (primary N) is 1. The van der Waals surface area contributed by atoms with E-state index < -0.39 is 6.04 Å². The van der Waals surface area contributed by atoms with Crippen LogP contribution in [0.25, 0.3) is 0 Å². The third kappa shape index (κ3) is 3.45. The molecule has 2 rings (SSSR count). The topological polar surface area (TPSA) is 74.2 Å². The molecule has 19 heavy (non-hydrogen) atoms. The van der Waals surface area contributed by atoms with Gasteiger partial charge in [0.1, 0.15) is 6.04 Å². The summed E-state index contributed by atoms with van der Waals surface area (Å²) in [6.07, 6.45) is 0.391. The van der Waals surface area contributed by atoms with Gasteiger partial charge in [-0.15, -0.1) is 0 Å². The molecule has 0 amide bonds. The molecule has 2 N–H and O–H groups in total. The van der Waals surface area contributed by atoms with Crippen molar-refractivity contribution in [3.05, 3.63) is 45.5 Å². The second kappa shape index (κ2) is 6.34. The highest BCUT2D eigenvalue weighted by Crippen LogP contribution is 2.26. The standard InChI is InChI=1S/C12H13Cl2N3O2/c1-18-6-10(15)12-16-11(17-19-12)5-7-8(13)3-2-4-9(7)14/h2-4,10H,5-6,15H2,1H3. The summed E-state index contributed by atoms with van der Waals surface area (Å²) in [5.74, 6) is 0.816. The van der Waals surface area contributed by atoms with Crippen LogP contribution in [0.15, 0.2) is 22.7 Å². The van der Waals surface area contributed by atoms with E-state index in [9.17, 15) is 0 Å². The Bertz CT molecular complexity index is 539. The van der Waals surface area contributed by atoms with Crippen LogP contribution in [0.1, 0.15) is 23.3 Å². The molecule has 0 aliphatic heterocycles. The molecule has 0 bridgehead atoms. The molecular formula is C12H13Cl2N3O2. The molecule has 1 aromatic heterocycles. The van der Waals surface area contributed by atoms with Crippen molar-refractivity contribution in [3.63, 3.8) is 0 Å². The summed E-state index contributed by atoms with van der Waals surface area (Å²) < 4.78 is 10.0. The van der Waals surface area contributed by atoms with Crippen molar-refractivity contribution >= 4 is 23.2 Å². The predicted octanol–water partition coefficient (Wildman–Crippen LogP) is 2.61. The van der Waals surface area contributed by atoms with Crippen molar-refractivity contribution in [2.75, 3.05) is 13.7 Å². The average Bonchev–Trinajstić information content (AvgIpc) is 2.83. The van der Waals surface area contributed by atoms with Crippen molar-refractivity contribution in [3.8, 4) is 0 Å². The van der Waals surface area contributed by atoms with E-state index in [0.717, 1.165) is 5.56 Å². The van der Waals surface area contributed by atoms with Crippen LogP contribution < -0.4 is 5.73 Å². The molecule has 1 heterocycles. The molecule has 0 fully saturated rings. The van der Waals surface area contributed by atoms with E-state index >= 15 is 0 Å². The molecule has 1 aromatic carbocycles. The number of ether oxygens (including phenoxy) is 1. The van der Waals surface area contributed by atoms with Gasteiger partial charge in [0.05, 0.1) is 6.61 Å². The number of aromatic nitrogens is 2. The van der Waals surface area contributed by atoms with Gasteiger partial charge in [0, 0.05) is 23.6 Å². The third-order valence-electron chi connectivity index (χ3n) is 2.54. The number of hydrogen-bond acceptors (Lipinski definition) is 5. The quantitative estimate of drug-likeness (QED) is 0.919. The smallest absolute Gasteiger partial charge is 0.245 e. The average molecular weight is 302 g/mol. The third-order valence-corrected chi connectivity index (χ3v) is 3.25. The van der Waals surface area contributed by atoms with Gasteiger partial charge >= 0.3 is 0 Å². The first-order chi connectivity index (χ1) is 9.11. The largest absolute Gasteiger partial charge is 0.383 e. The molecule has 0 radical (unpaired) electrons. The molecule has 0 aliphatic rings. The second-order valence-corrected chi connectivity index (χ2v) is 4.80. The number of halogens is 2. The SMILES string of the molecule is COCC(N)c1nc(Cc2c(Cl)cccc2Cl)no1. The zero-order valence-electron chi connectivity index (χ0n) is 10.3. The van der Waals surface area contributed by atoms with Gasteiger partial charge in [-0.25, -0.2) is 0 Å². The Kier molecular flexibility index (Phi) is 4.76. The van der Waals surface area contributed by atoms with Gasteiger partial charge in [0.25, 0.3) is 0 Å². The van der Waals surface area contributed by atoms with Crippen LogP contribution in [-0.4, -0.2) is 23.9 Å². The Balaban J connectivity index is 2.16. The van der Waals surface area contributed by atoms with Gasteiger partial charge in [-0.05, 0) is 17.7 Å². The van der Waals surface area contributed by atoms with Gasteiger partial charge in [-0.2, -0.15) is 4.98 Å². The highest BCUT2D eigenvalue weighted by atomic mass is 35.5. The van der Waals surface area contributed by atoms with E-state index in [1.807, 2.05) is 0 Å². The monoisotopic (exact) mass is 301 g/mol. The predicted molar refractivity (Wildman–Crippen MR) is 72.4 cm³/mol. The molecule has 1 atom stereocenters. The summed E-state index contributed by atoms with van der Waals surface area (Å²) in [6, 6.07) is 4.87. The zero-order chi connectivity index (χ0) is 13.8. The number of benzene rings is 1. The number of hydrogen-bond donors (Lipinski definition) is 1. The van der Waals surface area contributed by atoms with E-state index in [0.29, 0.717) is 34.8 Å². The van der Waals surface area contributed by atoms with Gasteiger partial charge in [-0.3, -0.25) is 0 Å². The van der Waals surface area contributed by atoms with Crippen molar-refractivity contribution in [2.24, 2.45) is 5.73 Å². The van der Waals surface area contributed by atoms with Crippen molar-refractivity contribution in [1.82, 2.24) is 10.1 Å².